The van der Waals surface area contributed by atoms with Crippen LogP contribution in [0.25, 0.3) is 11.0 Å². The maximum atomic E-state index is 11.0. The van der Waals surface area contributed by atoms with E-state index in [-0.39, 0.29) is 12.5 Å². The highest BCUT2D eigenvalue weighted by molar-refractivity contribution is 5.76. The van der Waals surface area contributed by atoms with Crippen LogP contribution in [0.3, 0.4) is 0 Å². The van der Waals surface area contributed by atoms with Gasteiger partial charge in [0.25, 0.3) is 0 Å². The third-order valence-corrected chi connectivity index (χ3v) is 5.07. The molecule has 1 unspecified atom stereocenters. The van der Waals surface area contributed by atoms with Crippen LogP contribution < -0.4 is 4.74 Å². The molecule has 0 fully saturated rings. The Bertz CT molecular complexity index is 931. The Labute approximate surface area is 172 Å². The number of imidazole rings is 1. The predicted octanol–water partition coefficient (Wildman–Crippen LogP) is 5.45. The van der Waals surface area contributed by atoms with Gasteiger partial charge >= 0.3 is 5.97 Å². The van der Waals surface area contributed by atoms with Crippen molar-refractivity contribution in [1.29, 1.82) is 0 Å². The fraction of sp³-hybridized carbons (Fsp3) is 0.417. The SMILES string of the molecule is CCCCc1nc2ccccc2n1Cc1ccc(OC(CCC)CC(=O)O)cc1. The summed E-state index contributed by atoms with van der Waals surface area (Å²) >= 11 is 0. The molecule has 1 N–H and O–H groups in total. The first-order chi connectivity index (χ1) is 14.1. The number of carbonyl (C=O) groups is 1. The third kappa shape index (κ3) is 5.59. The molecule has 0 aliphatic heterocycles. The first-order valence-electron chi connectivity index (χ1n) is 10.5. The zero-order valence-corrected chi connectivity index (χ0v) is 17.3. The molecule has 0 saturated heterocycles. The molecule has 3 rings (SSSR count). The minimum atomic E-state index is -0.827. The lowest BCUT2D eigenvalue weighted by Gasteiger charge is -2.17. The predicted molar refractivity (Wildman–Crippen MR) is 115 cm³/mol. The van der Waals surface area contributed by atoms with E-state index in [0.29, 0.717) is 0 Å². The molecule has 1 heterocycles. The van der Waals surface area contributed by atoms with Crippen LogP contribution in [0, 0.1) is 0 Å². The minimum Gasteiger partial charge on any atom is -0.490 e. The van der Waals surface area contributed by atoms with E-state index in [9.17, 15) is 4.79 Å². The summed E-state index contributed by atoms with van der Waals surface area (Å²) in [5, 5.41) is 9.06. The quantitative estimate of drug-likeness (QED) is 0.470. The van der Waals surface area contributed by atoms with Gasteiger partial charge in [0.2, 0.25) is 0 Å². The van der Waals surface area contributed by atoms with E-state index < -0.39 is 5.97 Å². The van der Waals surface area contributed by atoms with Crippen LogP contribution in [0.2, 0.25) is 0 Å². The first kappa shape index (κ1) is 20.9. The van der Waals surface area contributed by atoms with Crippen molar-refractivity contribution >= 4 is 17.0 Å². The molecule has 2 aromatic carbocycles. The number of nitrogens with zero attached hydrogens (tertiary/aromatic N) is 2. The van der Waals surface area contributed by atoms with E-state index in [4.69, 9.17) is 14.8 Å². The molecular formula is C24H30N2O3. The molecule has 0 saturated carbocycles. The number of unbranched alkanes of at least 4 members (excludes halogenated alkanes) is 1. The number of rotatable bonds is 11. The van der Waals surface area contributed by atoms with Gasteiger partial charge in [-0.15, -0.1) is 0 Å². The summed E-state index contributed by atoms with van der Waals surface area (Å²) in [6.07, 6.45) is 4.60. The molecule has 29 heavy (non-hydrogen) atoms. The van der Waals surface area contributed by atoms with E-state index in [2.05, 4.69) is 41.8 Å². The summed E-state index contributed by atoms with van der Waals surface area (Å²) in [5.74, 6) is 1.01. The largest absolute Gasteiger partial charge is 0.490 e. The van der Waals surface area contributed by atoms with Gasteiger partial charge in [0.05, 0.1) is 17.5 Å². The van der Waals surface area contributed by atoms with Crippen LogP contribution in [0.15, 0.2) is 48.5 Å². The Hall–Kier alpha value is -2.82. The number of carboxylic acids is 1. The Balaban J connectivity index is 1.76. The molecular weight excluding hydrogens is 364 g/mol. The van der Waals surface area contributed by atoms with Crippen molar-refractivity contribution in [3.8, 4) is 5.75 Å². The Kier molecular flexibility index (Phi) is 7.28. The van der Waals surface area contributed by atoms with Crippen molar-refractivity contribution in [2.24, 2.45) is 0 Å². The fourth-order valence-corrected chi connectivity index (χ4v) is 3.60. The summed E-state index contributed by atoms with van der Waals surface area (Å²) in [6.45, 7) is 4.99. The molecule has 0 aliphatic carbocycles. The van der Waals surface area contributed by atoms with Gasteiger partial charge in [-0.2, -0.15) is 0 Å². The Morgan fingerprint density at radius 1 is 1.10 bits per heavy atom. The number of hydrogen-bond donors (Lipinski definition) is 1. The van der Waals surface area contributed by atoms with Crippen molar-refractivity contribution in [1.82, 2.24) is 9.55 Å². The Morgan fingerprint density at radius 2 is 1.86 bits per heavy atom. The van der Waals surface area contributed by atoms with Crippen molar-refractivity contribution in [2.45, 2.75) is 65.0 Å². The average molecular weight is 395 g/mol. The van der Waals surface area contributed by atoms with Gasteiger partial charge in [-0.3, -0.25) is 4.79 Å². The number of aliphatic carboxylic acids is 1. The fourth-order valence-electron chi connectivity index (χ4n) is 3.60. The standard InChI is InChI=1S/C24H30N2O3/c1-3-5-11-23-25-21-9-6-7-10-22(21)26(23)17-18-12-14-19(15-13-18)29-20(8-4-2)16-24(27)28/h6-7,9-10,12-15,20H,3-5,8,11,16-17H2,1-2H3,(H,27,28). The van der Waals surface area contributed by atoms with Crippen molar-refractivity contribution in [2.75, 3.05) is 0 Å². The summed E-state index contributed by atoms with van der Waals surface area (Å²) in [6, 6.07) is 16.2. The molecule has 154 valence electrons. The molecule has 0 radical (unpaired) electrons. The summed E-state index contributed by atoms with van der Waals surface area (Å²) in [5.41, 5.74) is 3.36. The average Bonchev–Trinajstić information content (AvgIpc) is 3.05. The van der Waals surface area contributed by atoms with Crippen molar-refractivity contribution < 1.29 is 14.6 Å². The number of benzene rings is 2. The van der Waals surface area contributed by atoms with E-state index in [0.717, 1.165) is 61.3 Å². The van der Waals surface area contributed by atoms with Gasteiger partial charge in [0.15, 0.2) is 0 Å². The highest BCUT2D eigenvalue weighted by atomic mass is 16.5. The molecule has 5 nitrogen and oxygen atoms in total. The van der Waals surface area contributed by atoms with Crippen molar-refractivity contribution in [3.63, 3.8) is 0 Å². The lowest BCUT2D eigenvalue weighted by molar-refractivity contribution is -0.138. The monoisotopic (exact) mass is 394 g/mol. The zero-order valence-electron chi connectivity index (χ0n) is 17.3. The van der Waals surface area contributed by atoms with Crippen LogP contribution in [-0.2, 0) is 17.8 Å². The van der Waals surface area contributed by atoms with Crippen LogP contribution in [0.4, 0.5) is 0 Å². The van der Waals surface area contributed by atoms with E-state index in [1.165, 1.54) is 5.56 Å². The molecule has 0 spiro atoms. The second kappa shape index (κ2) is 10.1. The number of para-hydroxylation sites is 2. The molecule has 1 atom stereocenters. The van der Waals surface area contributed by atoms with Gasteiger partial charge in [-0.1, -0.05) is 51.0 Å². The Morgan fingerprint density at radius 3 is 2.55 bits per heavy atom. The second-order valence-corrected chi connectivity index (χ2v) is 7.48. The number of hydrogen-bond acceptors (Lipinski definition) is 3. The van der Waals surface area contributed by atoms with Gasteiger partial charge in [-0.05, 0) is 42.7 Å². The van der Waals surface area contributed by atoms with Crippen LogP contribution >= 0.6 is 0 Å². The number of fused-ring (bicyclic) bond motifs is 1. The lowest BCUT2D eigenvalue weighted by Crippen LogP contribution is -2.20. The van der Waals surface area contributed by atoms with Gasteiger partial charge in [0, 0.05) is 13.0 Å². The normalized spacial score (nSPS) is 12.2. The van der Waals surface area contributed by atoms with Crippen LogP contribution in [-0.4, -0.2) is 26.7 Å². The van der Waals surface area contributed by atoms with Gasteiger partial charge < -0.3 is 14.4 Å². The molecule has 0 amide bonds. The maximum Gasteiger partial charge on any atom is 0.307 e. The van der Waals surface area contributed by atoms with Crippen LogP contribution in [0.5, 0.6) is 5.75 Å². The molecule has 5 heteroatoms. The minimum absolute atomic E-state index is 0.0252. The number of aromatic nitrogens is 2. The maximum absolute atomic E-state index is 11.0. The summed E-state index contributed by atoms with van der Waals surface area (Å²) in [7, 11) is 0. The zero-order chi connectivity index (χ0) is 20.6. The van der Waals surface area contributed by atoms with Crippen molar-refractivity contribution in [3.05, 3.63) is 59.9 Å². The third-order valence-electron chi connectivity index (χ3n) is 5.07. The van der Waals surface area contributed by atoms with Gasteiger partial charge in [-0.25, -0.2) is 4.98 Å². The highest BCUT2D eigenvalue weighted by Crippen LogP contribution is 2.22. The van der Waals surface area contributed by atoms with E-state index in [1.807, 2.05) is 25.1 Å². The van der Waals surface area contributed by atoms with E-state index >= 15 is 0 Å². The summed E-state index contributed by atoms with van der Waals surface area (Å²) in [4.78, 5) is 15.9. The number of aryl methyl sites for hydroxylation is 1. The highest BCUT2D eigenvalue weighted by Gasteiger charge is 2.15. The molecule has 1 aromatic heterocycles. The number of carboxylic acid groups (broad SMARTS) is 1. The molecule has 0 bridgehead atoms. The number of ether oxygens (including phenoxy) is 1. The van der Waals surface area contributed by atoms with Crippen LogP contribution in [0.1, 0.15) is 57.3 Å². The second-order valence-electron chi connectivity index (χ2n) is 7.48. The van der Waals surface area contributed by atoms with Gasteiger partial charge in [0.1, 0.15) is 17.7 Å². The molecule has 3 aromatic rings. The smallest absolute Gasteiger partial charge is 0.307 e. The lowest BCUT2D eigenvalue weighted by atomic mass is 10.1. The van der Waals surface area contributed by atoms with E-state index in [1.54, 1.807) is 0 Å². The molecule has 0 aliphatic rings. The topological polar surface area (TPSA) is 64.4 Å². The first-order valence-corrected chi connectivity index (χ1v) is 10.5. The summed E-state index contributed by atoms with van der Waals surface area (Å²) < 4.78 is 8.20.